The van der Waals surface area contributed by atoms with Gasteiger partial charge in [-0.15, -0.1) is 5.10 Å². The molecule has 0 aliphatic carbocycles. The number of hydrogen-bond acceptors (Lipinski definition) is 4. The fraction of sp³-hybridized carbons (Fsp3) is 0.417. The largest absolute Gasteiger partial charge is 0.307 e. The fourth-order valence-corrected chi connectivity index (χ4v) is 2.08. The Hall–Kier alpha value is -1.34. The highest BCUT2D eigenvalue weighted by Gasteiger charge is 2.17. The molecule has 0 radical (unpaired) electrons. The molecule has 7 heteroatoms. The van der Waals surface area contributed by atoms with Crippen LogP contribution < -0.4 is 5.32 Å². The molecule has 0 aliphatic rings. The van der Waals surface area contributed by atoms with Crippen LogP contribution in [0, 0.1) is 5.82 Å². The number of hydrogen-bond donors (Lipinski definition) is 1. The average molecular weight is 328 g/mol. The first-order valence-electron chi connectivity index (χ1n) is 6.10. The summed E-state index contributed by atoms with van der Waals surface area (Å²) in [6.07, 6.45) is 1.01. The van der Waals surface area contributed by atoms with Gasteiger partial charge in [0.1, 0.15) is 11.5 Å². The average Bonchev–Trinajstić information content (AvgIpc) is 2.88. The van der Waals surface area contributed by atoms with Crippen molar-refractivity contribution in [3.8, 4) is 5.69 Å². The molecule has 2 rings (SSSR count). The highest BCUT2D eigenvalue weighted by molar-refractivity contribution is 9.10. The Bertz CT molecular complexity index is 557. The first kappa shape index (κ1) is 14.1. The van der Waals surface area contributed by atoms with E-state index in [-0.39, 0.29) is 11.9 Å². The Labute approximate surface area is 119 Å². The number of benzene rings is 1. The SMILES string of the molecule is CCCNC(C)c1nnnn1-c1cc(Br)ccc1F. The van der Waals surface area contributed by atoms with Gasteiger partial charge in [0, 0.05) is 4.47 Å². The Morgan fingerprint density at radius 3 is 3.00 bits per heavy atom. The summed E-state index contributed by atoms with van der Waals surface area (Å²) < 4.78 is 16.1. The van der Waals surface area contributed by atoms with E-state index >= 15 is 0 Å². The Morgan fingerprint density at radius 2 is 2.26 bits per heavy atom. The number of tetrazole rings is 1. The molecule has 102 valence electrons. The Balaban J connectivity index is 2.35. The van der Waals surface area contributed by atoms with Gasteiger partial charge in [0.2, 0.25) is 0 Å². The molecule has 2 aromatic rings. The second-order valence-electron chi connectivity index (χ2n) is 4.22. The molecule has 0 spiro atoms. The molecule has 0 bridgehead atoms. The van der Waals surface area contributed by atoms with Crippen LogP contribution in [-0.2, 0) is 0 Å². The monoisotopic (exact) mass is 327 g/mol. The lowest BCUT2D eigenvalue weighted by atomic mass is 10.2. The van der Waals surface area contributed by atoms with Gasteiger partial charge in [0.05, 0.1) is 6.04 Å². The Morgan fingerprint density at radius 1 is 1.47 bits per heavy atom. The molecule has 1 atom stereocenters. The predicted molar refractivity (Wildman–Crippen MR) is 73.5 cm³/mol. The summed E-state index contributed by atoms with van der Waals surface area (Å²) in [7, 11) is 0. The van der Waals surface area contributed by atoms with Crippen molar-refractivity contribution < 1.29 is 4.39 Å². The fourth-order valence-electron chi connectivity index (χ4n) is 1.74. The zero-order chi connectivity index (χ0) is 13.8. The van der Waals surface area contributed by atoms with E-state index in [4.69, 9.17) is 0 Å². The first-order valence-corrected chi connectivity index (χ1v) is 6.90. The molecule has 1 N–H and O–H groups in total. The second-order valence-corrected chi connectivity index (χ2v) is 5.14. The summed E-state index contributed by atoms with van der Waals surface area (Å²) in [6, 6.07) is 4.63. The van der Waals surface area contributed by atoms with Crippen LogP contribution in [-0.4, -0.2) is 26.8 Å². The lowest BCUT2D eigenvalue weighted by Gasteiger charge is -2.13. The molecule has 0 fully saturated rings. The number of rotatable bonds is 5. The molecule has 1 heterocycles. The van der Waals surface area contributed by atoms with Crippen molar-refractivity contribution in [2.24, 2.45) is 0 Å². The molecule has 0 saturated heterocycles. The van der Waals surface area contributed by atoms with Gasteiger partial charge in [0.25, 0.3) is 0 Å². The maximum Gasteiger partial charge on any atom is 0.173 e. The van der Waals surface area contributed by atoms with E-state index in [1.807, 2.05) is 6.92 Å². The minimum Gasteiger partial charge on any atom is -0.307 e. The van der Waals surface area contributed by atoms with Crippen LogP contribution in [0.1, 0.15) is 32.1 Å². The van der Waals surface area contributed by atoms with Crippen LogP contribution in [0.5, 0.6) is 0 Å². The number of nitrogens with one attached hydrogen (secondary N) is 1. The van der Waals surface area contributed by atoms with Crippen LogP contribution in [0.2, 0.25) is 0 Å². The Kier molecular flexibility index (Phi) is 4.60. The molecule has 1 unspecified atom stereocenters. The maximum atomic E-state index is 13.9. The van der Waals surface area contributed by atoms with Crippen molar-refractivity contribution in [2.45, 2.75) is 26.3 Å². The second kappa shape index (κ2) is 6.21. The first-order chi connectivity index (χ1) is 9.13. The predicted octanol–water partition coefficient (Wildman–Crippen LogP) is 2.62. The molecule has 0 amide bonds. The summed E-state index contributed by atoms with van der Waals surface area (Å²) in [5.74, 6) is 0.227. The molecule has 1 aromatic carbocycles. The molecule has 0 aliphatic heterocycles. The van der Waals surface area contributed by atoms with Crippen LogP contribution in [0.3, 0.4) is 0 Å². The van der Waals surface area contributed by atoms with Crippen molar-refractivity contribution >= 4 is 15.9 Å². The molecule has 19 heavy (non-hydrogen) atoms. The van der Waals surface area contributed by atoms with Gasteiger partial charge in [-0.2, -0.15) is 4.68 Å². The summed E-state index contributed by atoms with van der Waals surface area (Å²) >= 11 is 3.32. The van der Waals surface area contributed by atoms with Crippen molar-refractivity contribution in [1.29, 1.82) is 0 Å². The van der Waals surface area contributed by atoms with Crippen LogP contribution in [0.15, 0.2) is 22.7 Å². The highest BCUT2D eigenvalue weighted by atomic mass is 79.9. The molecule has 0 saturated carbocycles. The van der Waals surface area contributed by atoms with Crippen LogP contribution in [0.4, 0.5) is 4.39 Å². The summed E-state index contributed by atoms with van der Waals surface area (Å²) in [5, 5.41) is 14.8. The van der Waals surface area contributed by atoms with Crippen LogP contribution >= 0.6 is 15.9 Å². The lowest BCUT2D eigenvalue weighted by Crippen LogP contribution is -2.23. The molecule has 1 aromatic heterocycles. The standard InChI is InChI=1S/C12H15BrFN5/c1-3-6-15-8(2)12-16-17-18-19(12)11-7-9(13)4-5-10(11)14/h4-5,7-8,15H,3,6H2,1-2H3. The van der Waals surface area contributed by atoms with Crippen molar-refractivity contribution in [2.75, 3.05) is 6.54 Å². The molecular formula is C12H15BrFN5. The van der Waals surface area contributed by atoms with E-state index < -0.39 is 0 Å². The quantitative estimate of drug-likeness (QED) is 0.917. The number of halogens is 2. The summed E-state index contributed by atoms with van der Waals surface area (Å²) in [5.41, 5.74) is 0.333. The van der Waals surface area contributed by atoms with E-state index in [0.29, 0.717) is 11.5 Å². The van der Waals surface area contributed by atoms with Gasteiger partial charge in [-0.1, -0.05) is 22.9 Å². The maximum absolute atomic E-state index is 13.9. The lowest BCUT2D eigenvalue weighted by molar-refractivity contribution is 0.524. The van der Waals surface area contributed by atoms with Gasteiger partial charge >= 0.3 is 0 Å². The molecule has 5 nitrogen and oxygen atoms in total. The summed E-state index contributed by atoms with van der Waals surface area (Å²) in [4.78, 5) is 0. The minimum atomic E-state index is -0.362. The van der Waals surface area contributed by atoms with Gasteiger partial charge in [0.15, 0.2) is 5.82 Å². The third kappa shape index (κ3) is 3.16. The van der Waals surface area contributed by atoms with Gasteiger partial charge in [-0.05, 0) is 48.5 Å². The third-order valence-electron chi connectivity index (χ3n) is 2.72. The normalized spacial score (nSPS) is 12.6. The van der Waals surface area contributed by atoms with Gasteiger partial charge in [-0.25, -0.2) is 4.39 Å². The smallest absolute Gasteiger partial charge is 0.173 e. The number of aromatic nitrogens is 4. The topological polar surface area (TPSA) is 55.6 Å². The van der Waals surface area contributed by atoms with E-state index in [0.717, 1.165) is 17.4 Å². The summed E-state index contributed by atoms with van der Waals surface area (Å²) in [6.45, 7) is 4.89. The zero-order valence-electron chi connectivity index (χ0n) is 10.8. The van der Waals surface area contributed by atoms with E-state index in [1.165, 1.54) is 10.7 Å². The van der Waals surface area contributed by atoms with E-state index in [9.17, 15) is 4.39 Å². The van der Waals surface area contributed by atoms with E-state index in [2.05, 4.69) is 43.7 Å². The third-order valence-corrected chi connectivity index (χ3v) is 3.21. The highest BCUT2D eigenvalue weighted by Crippen LogP contribution is 2.21. The van der Waals surface area contributed by atoms with E-state index in [1.54, 1.807) is 12.1 Å². The van der Waals surface area contributed by atoms with Crippen LogP contribution in [0.25, 0.3) is 5.69 Å². The van der Waals surface area contributed by atoms with Crippen molar-refractivity contribution in [1.82, 2.24) is 25.5 Å². The minimum absolute atomic E-state index is 0.0478. The van der Waals surface area contributed by atoms with Crippen molar-refractivity contribution in [3.05, 3.63) is 34.3 Å². The number of nitrogens with zero attached hydrogens (tertiary/aromatic N) is 4. The molecular weight excluding hydrogens is 313 g/mol. The van der Waals surface area contributed by atoms with Gasteiger partial charge in [-0.3, -0.25) is 0 Å². The van der Waals surface area contributed by atoms with Gasteiger partial charge < -0.3 is 5.32 Å². The van der Waals surface area contributed by atoms with Crippen molar-refractivity contribution in [3.63, 3.8) is 0 Å². The zero-order valence-corrected chi connectivity index (χ0v) is 12.4.